The lowest BCUT2D eigenvalue weighted by atomic mass is 10.0. The fraction of sp³-hybridized carbons (Fsp3) is 0.444. The number of thioether (sulfide) groups is 1. The van der Waals surface area contributed by atoms with Crippen molar-refractivity contribution in [3.8, 4) is 0 Å². The number of tetrazole rings is 1. The Bertz CT molecular complexity index is 992. The molecule has 1 aliphatic heterocycles. The average Bonchev–Trinajstić information content (AvgIpc) is 3.29. The quantitative estimate of drug-likeness (QED) is 0.503. The molecule has 7 nitrogen and oxygen atoms in total. The summed E-state index contributed by atoms with van der Waals surface area (Å²) < 4.78 is 12.9. The van der Waals surface area contributed by atoms with E-state index >= 15 is 0 Å². The van der Waals surface area contributed by atoms with Gasteiger partial charge in [-0.1, -0.05) is 23.9 Å². The number of fused-ring (bicyclic) bond motifs is 1. The summed E-state index contributed by atoms with van der Waals surface area (Å²) in [6, 6.07) is 5.61. The molecule has 1 unspecified atom stereocenters. The van der Waals surface area contributed by atoms with Crippen LogP contribution < -0.4 is 5.63 Å². The SMILES string of the molecule is Cc1ccc2c(CSc3nnnn3CC3CCCO3)cc(=O)oc2c1C. The lowest BCUT2D eigenvalue weighted by Gasteiger charge is -2.11. The van der Waals surface area contributed by atoms with E-state index < -0.39 is 0 Å². The molecule has 0 radical (unpaired) electrons. The fourth-order valence-corrected chi connectivity index (χ4v) is 4.06. The Kier molecular flexibility index (Phi) is 4.78. The summed E-state index contributed by atoms with van der Waals surface area (Å²) >= 11 is 1.51. The highest BCUT2D eigenvalue weighted by atomic mass is 32.2. The molecule has 0 amide bonds. The van der Waals surface area contributed by atoms with Crippen LogP contribution in [0.5, 0.6) is 0 Å². The van der Waals surface area contributed by atoms with Crippen LogP contribution in [0.2, 0.25) is 0 Å². The second-order valence-electron chi connectivity index (χ2n) is 6.54. The van der Waals surface area contributed by atoms with Gasteiger partial charge < -0.3 is 9.15 Å². The molecule has 1 fully saturated rings. The molecule has 4 rings (SSSR count). The first-order chi connectivity index (χ1) is 12.6. The number of benzene rings is 1. The van der Waals surface area contributed by atoms with Gasteiger partial charge in [-0.25, -0.2) is 9.48 Å². The van der Waals surface area contributed by atoms with Crippen LogP contribution in [0.15, 0.2) is 32.6 Å². The minimum absolute atomic E-state index is 0.174. The Morgan fingerprint density at radius 3 is 3.04 bits per heavy atom. The van der Waals surface area contributed by atoms with Crippen molar-refractivity contribution in [2.24, 2.45) is 0 Å². The maximum Gasteiger partial charge on any atom is 0.336 e. The van der Waals surface area contributed by atoms with E-state index in [1.807, 2.05) is 26.0 Å². The van der Waals surface area contributed by atoms with Crippen molar-refractivity contribution >= 4 is 22.7 Å². The van der Waals surface area contributed by atoms with Gasteiger partial charge in [0.15, 0.2) is 0 Å². The highest BCUT2D eigenvalue weighted by Crippen LogP contribution is 2.28. The van der Waals surface area contributed by atoms with E-state index in [1.54, 1.807) is 10.7 Å². The van der Waals surface area contributed by atoms with Gasteiger partial charge in [-0.2, -0.15) is 0 Å². The minimum Gasteiger partial charge on any atom is -0.422 e. The Hall–Kier alpha value is -2.19. The van der Waals surface area contributed by atoms with Crippen LogP contribution in [0, 0.1) is 13.8 Å². The highest BCUT2D eigenvalue weighted by Gasteiger charge is 2.19. The van der Waals surface area contributed by atoms with Gasteiger partial charge in [0.2, 0.25) is 5.16 Å². The van der Waals surface area contributed by atoms with Crippen LogP contribution in [0.4, 0.5) is 0 Å². The second kappa shape index (κ2) is 7.20. The minimum atomic E-state index is -0.333. The van der Waals surface area contributed by atoms with Crippen LogP contribution in [-0.4, -0.2) is 32.9 Å². The zero-order chi connectivity index (χ0) is 18.1. The van der Waals surface area contributed by atoms with Gasteiger partial charge in [0.1, 0.15) is 5.58 Å². The van der Waals surface area contributed by atoms with Crippen molar-refractivity contribution in [2.75, 3.05) is 6.61 Å². The Labute approximate surface area is 154 Å². The Morgan fingerprint density at radius 1 is 1.35 bits per heavy atom. The third-order valence-corrected chi connectivity index (χ3v) is 5.78. The van der Waals surface area contributed by atoms with E-state index in [0.717, 1.165) is 46.7 Å². The monoisotopic (exact) mass is 372 g/mol. The molecular formula is C18H20N4O3S. The normalized spacial score (nSPS) is 17.2. The maximum atomic E-state index is 12.0. The first-order valence-corrected chi connectivity index (χ1v) is 9.64. The summed E-state index contributed by atoms with van der Waals surface area (Å²) in [6.45, 7) is 5.44. The lowest BCUT2D eigenvalue weighted by Crippen LogP contribution is -2.16. The van der Waals surface area contributed by atoms with Crippen molar-refractivity contribution < 1.29 is 9.15 Å². The highest BCUT2D eigenvalue weighted by molar-refractivity contribution is 7.98. The molecule has 0 spiro atoms. The predicted molar refractivity (Wildman–Crippen MR) is 98.3 cm³/mol. The smallest absolute Gasteiger partial charge is 0.336 e. The first kappa shape index (κ1) is 17.2. The lowest BCUT2D eigenvalue weighted by molar-refractivity contribution is 0.0912. The molecule has 1 aliphatic rings. The topological polar surface area (TPSA) is 83.0 Å². The number of aryl methyl sites for hydroxylation is 2. The van der Waals surface area contributed by atoms with Crippen LogP contribution in [0.1, 0.15) is 29.5 Å². The van der Waals surface area contributed by atoms with E-state index in [4.69, 9.17) is 9.15 Å². The number of hydrogen-bond acceptors (Lipinski definition) is 7. The molecule has 136 valence electrons. The summed E-state index contributed by atoms with van der Waals surface area (Å²) in [5.41, 5.74) is 3.35. The van der Waals surface area contributed by atoms with Gasteiger partial charge in [-0.05, 0) is 53.8 Å². The van der Waals surface area contributed by atoms with Gasteiger partial charge in [-0.3, -0.25) is 0 Å². The summed E-state index contributed by atoms with van der Waals surface area (Å²) in [5, 5.41) is 13.7. The van der Waals surface area contributed by atoms with Crippen molar-refractivity contribution in [3.63, 3.8) is 0 Å². The number of aromatic nitrogens is 4. The molecule has 8 heteroatoms. The number of ether oxygens (including phenoxy) is 1. The number of hydrogen-bond donors (Lipinski definition) is 0. The Morgan fingerprint density at radius 2 is 2.23 bits per heavy atom. The second-order valence-corrected chi connectivity index (χ2v) is 7.48. The van der Waals surface area contributed by atoms with Crippen molar-refractivity contribution in [2.45, 2.75) is 50.2 Å². The first-order valence-electron chi connectivity index (χ1n) is 8.65. The molecule has 26 heavy (non-hydrogen) atoms. The van der Waals surface area contributed by atoms with Crippen LogP contribution in [-0.2, 0) is 17.0 Å². The molecule has 0 bridgehead atoms. The molecular weight excluding hydrogens is 352 g/mol. The van der Waals surface area contributed by atoms with E-state index in [9.17, 15) is 4.79 Å². The summed E-state index contributed by atoms with van der Waals surface area (Å²) in [7, 11) is 0. The van der Waals surface area contributed by atoms with E-state index in [0.29, 0.717) is 17.9 Å². The van der Waals surface area contributed by atoms with Crippen LogP contribution in [0.25, 0.3) is 11.0 Å². The van der Waals surface area contributed by atoms with Gasteiger partial charge in [0, 0.05) is 23.8 Å². The third kappa shape index (κ3) is 3.39. The zero-order valence-corrected chi connectivity index (χ0v) is 15.6. The standard InChI is InChI=1S/C18H20N4O3S/c1-11-5-6-15-13(8-16(23)25-17(15)12(11)2)10-26-18-19-20-21-22(18)9-14-4-3-7-24-14/h5-6,8,14H,3-4,7,9-10H2,1-2H3. The molecule has 3 aromatic rings. The van der Waals surface area contributed by atoms with Crippen LogP contribution in [0.3, 0.4) is 0 Å². The zero-order valence-electron chi connectivity index (χ0n) is 14.8. The van der Waals surface area contributed by atoms with Gasteiger partial charge in [-0.15, -0.1) is 5.10 Å². The molecule has 0 N–H and O–H groups in total. The number of rotatable bonds is 5. The molecule has 1 saturated heterocycles. The van der Waals surface area contributed by atoms with Crippen molar-refractivity contribution in [1.82, 2.24) is 20.2 Å². The molecule has 0 aliphatic carbocycles. The van der Waals surface area contributed by atoms with Gasteiger partial charge in [0.05, 0.1) is 12.6 Å². The molecule has 0 saturated carbocycles. The van der Waals surface area contributed by atoms with E-state index in [-0.39, 0.29) is 11.7 Å². The Balaban J connectivity index is 1.58. The van der Waals surface area contributed by atoms with E-state index in [2.05, 4.69) is 15.5 Å². The van der Waals surface area contributed by atoms with Crippen LogP contribution >= 0.6 is 11.8 Å². The summed E-state index contributed by atoms with van der Waals surface area (Å²) in [6.07, 6.45) is 2.29. The van der Waals surface area contributed by atoms with Crippen molar-refractivity contribution in [3.05, 3.63) is 45.3 Å². The largest absolute Gasteiger partial charge is 0.422 e. The maximum absolute atomic E-state index is 12.0. The summed E-state index contributed by atoms with van der Waals surface area (Å²) in [5.74, 6) is 0.594. The fourth-order valence-electron chi connectivity index (χ4n) is 3.18. The average molecular weight is 372 g/mol. The summed E-state index contributed by atoms with van der Waals surface area (Å²) in [4.78, 5) is 12.0. The van der Waals surface area contributed by atoms with E-state index in [1.165, 1.54) is 11.8 Å². The molecule has 1 aromatic carbocycles. The number of nitrogens with zero attached hydrogens (tertiary/aromatic N) is 4. The molecule has 2 aromatic heterocycles. The molecule has 1 atom stereocenters. The third-order valence-electron chi connectivity index (χ3n) is 4.77. The van der Waals surface area contributed by atoms with Gasteiger partial charge in [0.25, 0.3) is 0 Å². The van der Waals surface area contributed by atoms with Crippen molar-refractivity contribution in [1.29, 1.82) is 0 Å². The van der Waals surface area contributed by atoms with Gasteiger partial charge >= 0.3 is 5.63 Å². The predicted octanol–water partition coefficient (Wildman–Crippen LogP) is 2.87. The molecule has 3 heterocycles.